The summed E-state index contributed by atoms with van der Waals surface area (Å²) in [4.78, 5) is 41.9. The lowest BCUT2D eigenvalue weighted by molar-refractivity contribution is 0.0598. The van der Waals surface area contributed by atoms with Gasteiger partial charge in [0.15, 0.2) is 0 Å². The van der Waals surface area contributed by atoms with Gasteiger partial charge < -0.3 is 39.1 Å². The number of benzene rings is 2. The quantitative estimate of drug-likeness (QED) is 0.128. The zero-order valence-electron chi connectivity index (χ0n) is 30.5. The largest absolute Gasteiger partial charge is 0.495 e. The van der Waals surface area contributed by atoms with Crippen molar-refractivity contribution in [2.45, 2.75) is 25.7 Å². The van der Waals surface area contributed by atoms with E-state index in [9.17, 15) is 14.7 Å². The van der Waals surface area contributed by atoms with Crippen LogP contribution in [-0.4, -0.2) is 67.4 Å². The molecule has 0 saturated carbocycles. The first-order chi connectivity index (χ1) is 26.5. The third-order valence-electron chi connectivity index (χ3n) is 9.50. The van der Waals surface area contributed by atoms with E-state index >= 15 is 0 Å². The zero-order chi connectivity index (χ0) is 39.0. The van der Waals surface area contributed by atoms with E-state index in [0.717, 1.165) is 78.2 Å². The number of hydrogen-bond donors (Lipinski definition) is 3. The van der Waals surface area contributed by atoms with Crippen LogP contribution in [0, 0.1) is 0 Å². The maximum absolute atomic E-state index is 12.1. The number of anilines is 4. The van der Waals surface area contributed by atoms with Crippen LogP contribution in [0.25, 0.3) is 22.8 Å². The molecule has 4 aromatic heterocycles. The summed E-state index contributed by atoms with van der Waals surface area (Å²) in [7, 11) is 8.37. The number of nitrogens with one attached hydrogen (secondary N) is 2. The number of aryl methyl sites for hydroxylation is 4. The molecule has 2 aliphatic rings. The minimum atomic E-state index is -0.915. The molecule has 14 nitrogen and oxygen atoms in total. The molecule has 0 aliphatic heterocycles. The van der Waals surface area contributed by atoms with Gasteiger partial charge in [0.1, 0.15) is 11.5 Å². The van der Waals surface area contributed by atoms with E-state index in [1.54, 1.807) is 32.8 Å². The van der Waals surface area contributed by atoms with Gasteiger partial charge in [-0.15, -0.1) is 0 Å². The van der Waals surface area contributed by atoms with Gasteiger partial charge in [-0.1, -0.05) is 31.9 Å². The van der Waals surface area contributed by atoms with Crippen LogP contribution >= 0.6 is 31.9 Å². The first-order valence-electron chi connectivity index (χ1n) is 17.1. The van der Waals surface area contributed by atoms with Crippen LogP contribution in [0.15, 0.2) is 70.1 Å². The summed E-state index contributed by atoms with van der Waals surface area (Å²) in [5.41, 5.74) is 9.64. The van der Waals surface area contributed by atoms with Gasteiger partial charge in [-0.25, -0.2) is 29.5 Å². The third-order valence-corrected chi connectivity index (χ3v) is 10.5. The highest BCUT2D eigenvalue weighted by Gasteiger charge is 2.29. The average molecular weight is 873 g/mol. The Labute approximate surface area is 333 Å². The van der Waals surface area contributed by atoms with E-state index in [2.05, 4.69) is 57.4 Å². The average Bonchev–Trinajstić information content (AvgIpc) is 3.72. The zero-order valence-corrected chi connectivity index (χ0v) is 33.7. The predicted molar refractivity (Wildman–Crippen MR) is 214 cm³/mol. The standard InChI is InChI=1S/C20H19BrN4O3.C19H17BrN4O3/c1-25-10-14(19(26)28-3)13-6-4-11-9-22-20(24-17(11)18(13)25)23-15-7-5-12(21)8-16(15)27-2;1-24-9-13(18(25)26)12-5-3-10-8-21-19(23-16(10)17(12)24)22-14-6-4-11(20)7-15(14)27-2/h5,7-10H,4,6H2,1-3H3,(H,22,23,24);4,6-9H,3,5H2,1-2H3,(H,25,26)(H,21,22,23). The van der Waals surface area contributed by atoms with Crippen LogP contribution in [0.1, 0.15) is 43.0 Å². The number of hydrogen-bond acceptors (Lipinski definition) is 11. The maximum atomic E-state index is 12.1. The number of aromatic carboxylic acids is 1. The number of carboxylic acids is 1. The maximum Gasteiger partial charge on any atom is 0.339 e. The Morgan fingerprint density at radius 3 is 1.60 bits per heavy atom. The molecule has 0 saturated heterocycles. The fraction of sp³-hybridized carbons (Fsp3) is 0.231. The Hall–Kier alpha value is -5.74. The molecule has 55 heavy (non-hydrogen) atoms. The van der Waals surface area contributed by atoms with Gasteiger partial charge in [0.05, 0.1) is 66.6 Å². The number of carboxylic acid groups (broad SMARTS) is 1. The number of nitrogens with zero attached hydrogens (tertiary/aromatic N) is 6. The Balaban J connectivity index is 0.000000169. The van der Waals surface area contributed by atoms with Crippen LogP contribution in [0.2, 0.25) is 0 Å². The van der Waals surface area contributed by atoms with Crippen molar-refractivity contribution in [1.82, 2.24) is 29.1 Å². The third kappa shape index (κ3) is 7.38. The van der Waals surface area contributed by atoms with E-state index in [0.29, 0.717) is 47.4 Å². The van der Waals surface area contributed by atoms with Crippen LogP contribution in [0.4, 0.5) is 23.3 Å². The molecule has 3 N–H and O–H groups in total. The van der Waals surface area contributed by atoms with Gasteiger partial charge in [-0.3, -0.25) is 0 Å². The van der Waals surface area contributed by atoms with Gasteiger partial charge >= 0.3 is 11.9 Å². The first-order valence-corrected chi connectivity index (χ1v) is 18.7. The summed E-state index contributed by atoms with van der Waals surface area (Å²) < 4.78 is 21.3. The number of aromatic nitrogens is 6. The Morgan fingerprint density at radius 2 is 1.16 bits per heavy atom. The number of carbonyl (C=O) groups is 2. The molecule has 4 heterocycles. The highest BCUT2D eigenvalue weighted by molar-refractivity contribution is 9.10. The molecular weight excluding hydrogens is 836 g/mol. The summed E-state index contributed by atoms with van der Waals surface area (Å²) in [6, 6.07) is 11.3. The van der Waals surface area contributed by atoms with Gasteiger partial charge in [-0.2, -0.15) is 0 Å². The molecular formula is C39H36Br2N8O6. The van der Waals surface area contributed by atoms with Crippen molar-refractivity contribution < 1.29 is 28.9 Å². The molecule has 6 aromatic rings. The van der Waals surface area contributed by atoms with E-state index in [1.165, 1.54) is 7.11 Å². The normalized spacial score (nSPS) is 12.2. The second kappa shape index (κ2) is 15.5. The molecule has 0 unspecified atom stereocenters. The molecule has 0 fully saturated rings. The molecule has 2 aromatic carbocycles. The van der Waals surface area contributed by atoms with E-state index < -0.39 is 5.97 Å². The summed E-state index contributed by atoms with van der Waals surface area (Å²) in [5.74, 6) is 1.00. The lowest BCUT2D eigenvalue weighted by atomic mass is 9.93. The minimum absolute atomic E-state index is 0.327. The highest BCUT2D eigenvalue weighted by Crippen LogP contribution is 2.38. The Bertz CT molecular complexity index is 2480. The van der Waals surface area contributed by atoms with Crippen LogP contribution < -0.4 is 20.1 Å². The number of carbonyl (C=O) groups excluding carboxylic acids is 1. The molecule has 0 atom stereocenters. The molecule has 16 heteroatoms. The molecule has 282 valence electrons. The lowest BCUT2D eigenvalue weighted by Crippen LogP contribution is -2.12. The summed E-state index contributed by atoms with van der Waals surface area (Å²) >= 11 is 6.86. The molecule has 0 bridgehead atoms. The molecule has 2 aliphatic carbocycles. The second-order valence-electron chi connectivity index (χ2n) is 12.8. The van der Waals surface area contributed by atoms with Crippen LogP contribution in [-0.2, 0) is 44.5 Å². The summed E-state index contributed by atoms with van der Waals surface area (Å²) in [6.45, 7) is 0. The number of halogens is 2. The topological polar surface area (TPSA) is 168 Å². The molecule has 0 spiro atoms. The SMILES string of the molecule is COC(=O)c1cn(C)c2c1CCc1cnc(Nc3ccc(Br)cc3OC)nc1-2.COc1cc(Br)ccc1Nc1ncc2c(n1)-c1c(c(C(=O)O)cn1C)CC2. The van der Waals surface area contributed by atoms with Crippen molar-refractivity contribution in [3.63, 3.8) is 0 Å². The Morgan fingerprint density at radius 1 is 0.709 bits per heavy atom. The van der Waals surface area contributed by atoms with Crippen molar-refractivity contribution in [2.75, 3.05) is 32.0 Å². The van der Waals surface area contributed by atoms with E-state index in [-0.39, 0.29) is 5.97 Å². The van der Waals surface area contributed by atoms with Crippen molar-refractivity contribution in [3.05, 3.63) is 104 Å². The van der Waals surface area contributed by atoms with Crippen molar-refractivity contribution in [3.8, 4) is 34.3 Å². The smallest absolute Gasteiger partial charge is 0.339 e. The minimum Gasteiger partial charge on any atom is -0.495 e. The second-order valence-corrected chi connectivity index (χ2v) is 14.7. The van der Waals surface area contributed by atoms with Gasteiger partial charge in [-0.05, 0) is 84.3 Å². The van der Waals surface area contributed by atoms with Gasteiger partial charge in [0, 0.05) is 47.8 Å². The van der Waals surface area contributed by atoms with Gasteiger partial charge in [0.25, 0.3) is 0 Å². The predicted octanol–water partition coefficient (Wildman–Crippen LogP) is 7.68. The molecule has 8 rings (SSSR count). The number of esters is 1. The van der Waals surface area contributed by atoms with Crippen LogP contribution in [0.3, 0.4) is 0 Å². The van der Waals surface area contributed by atoms with Gasteiger partial charge in [0.2, 0.25) is 11.9 Å². The fourth-order valence-corrected chi connectivity index (χ4v) is 7.64. The Kier molecular flexibility index (Phi) is 10.6. The number of rotatable bonds is 8. The van der Waals surface area contributed by atoms with E-state index in [1.807, 2.05) is 65.8 Å². The highest BCUT2D eigenvalue weighted by atomic mass is 79.9. The molecule has 0 radical (unpaired) electrons. The van der Waals surface area contributed by atoms with E-state index in [4.69, 9.17) is 19.2 Å². The number of methoxy groups -OCH3 is 3. The number of fused-ring (bicyclic) bond motifs is 6. The van der Waals surface area contributed by atoms with Crippen molar-refractivity contribution >= 4 is 67.1 Å². The molecule has 0 amide bonds. The monoisotopic (exact) mass is 870 g/mol. The number of ether oxygens (including phenoxy) is 3. The summed E-state index contributed by atoms with van der Waals surface area (Å²) in [6.07, 6.45) is 10.0. The van der Waals surface area contributed by atoms with Crippen molar-refractivity contribution in [1.29, 1.82) is 0 Å². The lowest BCUT2D eigenvalue weighted by Gasteiger charge is -2.19. The van der Waals surface area contributed by atoms with Crippen molar-refractivity contribution in [2.24, 2.45) is 14.1 Å². The van der Waals surface area contributed by atoms with Crippen LogP contribution in [0.5, 0.6) is 11.5 Å². The summed E-state index contributed by atoms with van der Waals surface area (Å²) in [5, 5.41) is 15.9. The fourth-order valence-electron chi connectivity index (χ4n) is 6.96. The first kappa shape index (κ1) is 37.6.